The zero-order valence-electron chi connectivity index (χ0n) is 14.1. The van der Waals surface area contributed by atoms with Crippen molar-refractivity contribution >= 4 is 21.7 Å². The molecule has 7 nitrogen and oxygen atoms in total. The number of carbonyl (C=O) groups is 1. The third-order valence-electron chi connectivity index (χ3n) is 3.58. The Labute approximate surface area is 150 Å². The fraction of sp³-hybridized carbons (Fsp3) is 0.235. The molecule has 9 heteroatoms. The summed E-state index contributed by atoms with van der Waals surface area (Å²) >= 11 is 0. The molecule has 2 aromatic carbocycles. The maximum absolute atomic E-state index is 13.0. The highest BCUT2D eigenvalue weighted by molar-refractivity contribution is 7.92. The number of anilines is 1. The summed E-state index contributed by atoms with van der Waals surface area (Å²) in [5, 5.41) is 11.6. The standard InChI is InChI=1S/C17H19FN2O5S/c1-2-11-3-8-14(15(17(21)22)16(11)25-10-9-19)20-26(23,24)13-6-4-12(18)5-7-13/h3-8,20H,2,9-10,19H2,1H3,(H,21,22). The van der Waals surface area contributed by atoms with Gasteiger partial charge in [0.2, 0.25) is 0 Å². The van der Waals surface area contributed by atoms with Crippen molar-refractivity contribution in [1.29, 1.82) is 0 Å². The van der Waals surface area contributed by atoms with Crippen LogP contribution in [0.5, 0.6) is 5.75 Å². The molecule has 26 heavy (non-hydrogen) atoms. The number of hydrogen-bond donors (Lipinski definition) is 2. The lowest BCUT2D eigenvalue weighted by molar-refractivity contribution is -0.371. The number of hydrogen-bond acceptors (Lipinski definition) is 5. The van der Waals surface area contributed by atoms with Crippen LogP contribution in [0.3, 0.4) is 0 Å². The zero-order valence-corrected chi connectivity index (χ0v) is 14.9. The van der Waals surface area contributed by atoms with E-state index in [1.807, 2.05) is 6.92 Å². The number of quaternary nitrogens is 1. The molecule has 0 bridgehead atoms. The van der Waals surface area contributed by atoms with Gasteiger partial charge in [-0.15, -0.1) is 0 Å². The number of aromatic carboxylic acids is 1. The topological polar surface area (TPSA) is 123 Å². The summed E-state index contributed by atoms with van der Waals surface area (Å²) < 4.78 is 45.6. The van der Waals surface area contributed by atoms with Gasteiger partial charge in [-0.2, -0.15) is 0 Å². The maximum atomic E-state index is 13.0. The number of benzene rings is 2. The number of sulfonamides is 1. The van der Waals surface area contributed by atoms with E-state index in [2.05, 4.69) is 10.5 Å². The van der Waals surface area contributed by atoms with Crippen LogP contribution in [0.1, 0.15) is 22.8 Å². The van der Waals surface area contributed by atoms with Crippen LogP contribution in [-0.4, -0.2) is 27.5 Å². The number of aryl methyl sites for hydroxylation is 1. The first kappa shape index (κ1) is 19.7. The Bertz CT molecular complexity index is 898. The molecule has 0 saturated heterocycles. The summed E-state index contributed by atoms with van der Waals surface area (Å²) in [7, 11) is -4.12. The molecule has 0 aliphatic rings. The molecule has 0 aromatic heterocycles. The second kappa shape index (κ2) is 8.15. The van der Waals surface area contributed by atoms with E-state index in [0.29, 0.717) is 18.5 Å². The third kappa shape index (κ3) is 4.30. The van der Waals surface area contributed by atoms with Gasteiger partial charge in [-0.3, -0.25) is 4.72 Å². The lowest BCUT2D eigenvalue weighted by Gasteiger charge is -2.20. The minimum Gasteiger partial charge on any atom is -0.545 e. The Morgan fingerprint density at radius 3 is 2.42 bits per heavy atom. The fourth-order valence-corrected chi connectivity index (χ4v) is 3.42. The predicted molar refractivity (Wildman–Crippen MR) is 90.6 cm³/mol. The van der Waals surface area contributed by atoms with Crippen molar-refractivity contribution in [2.24, 2.45) is 0 Å². The van der Waals surface area contributed by atoms with Gasteiger partial charge in [0.15, 0.2) is 0 Å². The molecule has 0 unspecified atom stereocenters. The lowest BCUT2D eigenvalue weighted by atomic mass is 10.0. The van der Waals surface area contributed by atoms with Crippen LogP contribution in [0.25, 0.3) is 0 Å². The minimum absolute atomic E-state index is 0.0513. The highest BCUT2D eigenvalue weighted by atomic mass is 32.2. The van der Waals surface area contributed by atoms with Gasteiger partial charge in [-0.05, 0) is 42.3 Å². The number of carbonyl (C=O) groups excluding carboxylic acids is 1. The molecule has 0 atom stereocenters. The molecule has 4 N–H and O–H groups in total. The van der Waals surface area contributed by atoms with E-state index in [-0.39, 0.29) is 28.5 Å². The molecule has 2 aromatic rings. The van der Waals surface area contributed by atoms with E-state index < -0.39 is 21.8 Å². The van der Waals surface area contributed by atoms with Gasteiger partial charge in [0.1, 0.15) is 24.7 Å². The number of carboxylic acids is 1. The number of rotatable bonds is 8. The number of nitrogens with one attached hydrogen (secondary N) is 1. The minimum atomic E-state index is -4.12. The Morgan fingerprint density at radius 2 is 1.88 bits per heavy atom. The van der Waals surface area contributed by atoms with Crippen molar-refractivity contribution in [1.82, 2.24) is 0 Å². The SMILES string of the molecule is CCc1ccc(NS(=O)(=O)c2ccc(F)cc2)c(C(=O)[O-])c1OCC[NH3+]. The predicted octanol–water partition coefficient (Wildman–Crippen LogP) is 0.173. The molecular weight excluding hydrogens is 363 g/mol. The lowest BCUT2D eigenvalue weighted by Crippen LogP contribution is -2.52. The van der Waals surface area contributed by atoms with E-state index in [4.69, 9.17) is 4.74 Å². The molecule has 0 radical (unpaired) electrons. The average molecular weight is 382 g/mol. The number of carboxylic acid groups (broad SMARTS) is 1. The second-order valence-electron chi connectivity index (χ2n) is 5.38. The summed E-state index contributed by atoms with van der Waals surface area (Å²) in [6.45, 7) is 2.39. The molecule has 0 spiro atoms. The Balaban J connectivity index is 2.51. The fourth-order valence-electron chi connectivity index (χ4n) is 2.35. The molecule has 0 saturated carbocycles. The first-order valence-electron chi connectivity index (χ1n) is 7.87. The van der Waals surface area contributed by atoms with Crippen LogP contribution in [0.15, 0.2) is 41.3 Å². The van der Waals surface area contributed by atoms with Gasteiger partial charge in [0.05, 0.1) is 22.1 Å². The summed E-state index contributed by atoms with van der Waals surface area (Å²) in [6, 6.07) is 7.07. The first-order valence-corrected chi connectivity index (χ1v) is 9.36. The van der Waals surface area contributed by atoms with E-state index in [0.717, 1.165) is 24.3 Å². The molecule has 0 fully saturated rings. The van der Waals surface area contributed by atoms with Crippen LogP contribution in [-0.2, 0) is 16.4 Å². The molecule has 0 aliphatic carbocycles. The van der Waals surface area contributed by atoms with Crippen LogP contribution >= 0.6 is 0 Å². The average Bonchev–Trinajstić information content (AvgIpc) is 2.59. The molecule has 0 heterocycles. The second-order valence-corrected chi connectivity index (χ2v) is 7.06. The van der Waals surface area contributed by atoms with Gasteiger partial charge in [-0.1, -0.05) is 13.0 Å². The molecule has 140 valence electrons. The normalized spacial score (nSPS) is 11.2. The third-order valence-corrected chi connectivity index (χ3v) is 4.96. The summed E-state index contributed by atoms with van der Waals surface area (Å²) in [4.78, 5) is 11.4. The van der Waals surface area contributed by atoms with E-state index >= 15 is 0 Å². The quantitative estimate of drug-likeness (QED) is 0.674. The first-order chi connectivity index (χ1) is 12.3. The smallest absolute Gasteiger partial charge is 0.261 e. The summed E-state index contributed by atoms with van der Waals surface area (Å²) in [6.07, 6.45) is 0.484. The Kier molecular flexibility index (Phi) is 6.17. The summed E-state index contributed by atoms with van der Waals surface area (Å²) in [5.74, 6) is -2.11. The van der Waals surface area contributed by atoms with Crippen molar-refractivity contribution < 1.29 is 33.2 Å². The van der Waals surface area contributed by atoms with Gasteiger partial charge < -0.3 is 20.4 Å². The number of ether oxygens (including phenoxy) is 1. The maximum Gasteiger partial charge on any atom is 0.261 e. The van der Waals surface area contributed by atoms with E-state index in [1.54, 1.807) is 6.07 Å². The van der Waals surface area contributed by atoms with Crippen molar-refractivity contribution in [3.8, 4) is 5.75 Å². The highest BCUT2D eigenvalue weighted by Gasteiger charge is 2.21. The van der Waals surface area contributed by atoms with Gasteiger partial charge in [-0.25, -0.2) is 12.8 Å². The highest BCUT2D eigenvalue weighted by Crippen LogP contribution is 2.32. The van der Waals surface area contributed by atoms with Crippen LogP contribution in [0, 0.1) is 5.82 Å². The summed E-state index contributed by atoms with van der Waals surface area (Å²) in [5.41, 5.74) is 3.65. The van der Waals surface area contributed by atoms with Gasteiger partial charge in [0, 0.05) is 0 Å². The van der Waals surface area contributed by atoms with Crippen molar-refractivity contribution in [2.75, 3.05) is 17.9 Å². The van der Waals surface area contributed by atoms with Crippen LogP contribution < -0.4 is 20.3 Å². The van der Waals surface area contributed by atoms with Gasteiger partial charge >= 0.3 is 0 Å². The Morgan fingerprint density at radius 1 is 1.23 bits per heavy atom. The van der Waals surface area contributed by atoms with Crippen LogP contribution in [0.4, 0.5) is 10.1 Å². The van der Waals surface area contributed by atoms with Crippen molar-refractivity contribution in [3.05, 3.63) is 53.3 Å². The monoisotopic (exact) mass is 382 g/mol. The van der Waals surface area contributed by atoms with Gasteiger partial charge in [0.25, 0.3) is 10.0 Å². The zero-order chi connectivity index (χ0) is 19.3. The molecule has 2 rings (SSSR count). The largest absolute Gasteiger partial charge is 0.545 e. The Hall–Kier alpha value is -2.65. The van der Waals surface area contributed by atoms with Crippen LogP contribution in [0.2, 0.25) is 0 Å². The molecule has 0 amide bonds. The van der Waals surface area contributed by atoms with E-state index in [9.17, 15) is 22.7 Å². The molecular formula is C17H19FN2O5S. The number of halogens is 1. The van der Waals surface area contributed by atoms with Crippen molar-refractivity contribution in [2.45, 2.75) is 18.2 Å². The van der Waals surface area contributed by atoms with E-state index in [1.165, 1.54) is 6.07 Å². The van der Waals surface area contributed by atoms with Crippen molar-refractivity contribution in [3.63, 3.8) is 0 Å². The molecule has 0 aliphatic heterocycles.